The molecule has 1 fully saturated rings. The SMILES string of the molecule is Cn1nnc(-c2ccc(OCC(=O)N3C[C@@H]4C[C@H](C3)c3cccc(=O)n3C4)cc2)n1. The summed E-state index contributed by atoms with van der Waals surface area (Å²) in [5.41, 5.74) is 1.91. The first-order valence-corrected chi connectivity index (χ1v) is 10.0. The molecule has 154 valence electrons. The summed E-state index contributed by atoms with van der Waals surface area (Å²) >= 11 is 0. The average Bonchev–Trinajstić information content (AvgIpc) is 3.19. The highest BCUT2D eigenvalue weighted by Gasteiger charge is 2.36. The number of nitrogens with zero attached hydrogens (tertiary/aromatic N) is 6. The van der Waals surface area contributed by atoms with Crippen molar-refractivity contribution in [2.45, 2.75) is 18.9 Å². The molecular formula is C21H22N6O3. The normalized spacial score (nSPS) is 20.0. The number of ether oxygens (including phenoxy) is 1. The van der Waals surface area contributed by atoms with Crippen LogP contribution < -0.4 is 10.3 Å². The van der Waals surface area contributed by atoms with Gasteiger partial charge in [-0.3, -0.25) is 9.59 Å². The molecular weight excluding hydrogens is 384 g/mol. The van der Waals surface area contributed by atoms with E-state index in [9.17, 15) is 9.59 Å². The molecule has 5 rings (SSSR count). The minimum atomic E-state index is -0.0314. The summed E-state index contributed by atoms with van der Waals surface area (Å²) < 4.78 is 7.59. The summed E-state index contributed by atoms with van der Waals surface area (Å²) in [6.45, 7) is 1.95. The quantitative estimate of drug-likeness (QED) is 0.643. The minimum absolute atomic E-state index is 0.0101. The van der Waals surface area contributed by atoms with E-state index >= 15 is 0 Å². The molecule has 1 saturated heterocycles. The molecule has 2 bridgehead atoms. The number of hydrogen-bond donors (Lipinski definition) is 0. The minimum Gasteiger partial charge on any atom is -0.484 e. The third kappa shape index (κ3) is 3.47. The topological polar surface area (TPSA) is 95.1 Å². The molecule has 1 amide bonds. The number of carbonyl (C=O) groups is 1. The second-order valence-corrected chi connectivity index (χ2v) is 7.91. The second-order valence-electron chi connectivity index (χ2n) is 7.91. The summed E-state index contributed by atoms with van der Waals surface area (Å²) in [6, 6.07) is 12.7. The first-order chi connectivity index (χ1) is 14.6. The van der Waals surface area contributed by atoms with E-state index in [1.54, 1.807) is 31.3 Å². The van der Waals surface area contributed by atoms with Gasteiger partial charge in [0.15, 0.2) is 6.61 Å². The van der Waals surface area contributed by atoms with Gasteiger partial charge >= 0.3 is 0 Å². The molecule has 0 unspecified atom stereocenters. The van der Waals surface area contributed by atoms with E-state index in [0.29, 0.717) is 37.1 Å². The fraction of sp³-hybridized carbons (Fsp3) is 0.381. The van der Waals surface area contributed by atoms with Crippen molar-refractivity contribution < 1.29 is 9.53 Å². The molecule has 2 aromatic heterocycles. The van der Waals surface area contributed by atoms with Crippen LogP contribution in [0.25, 0.3) is 11.4 Å². The van der Waals surface area contributed by atoms with Crippen LogP contribution in [0.15, 0.2) is 47.3 Å². The second kappa shape index (κ2) is 7.40. The largest absolute Gasteiger partial charge is 0.484 e. The number of rotatable bonds is 4. The van der Waals surface area contributed by atoms with E-state index in [0.717, 1.165) is 17.7 Å². The Hall–Kier alpha value is -3.49. The van der Waals surface area contributed by atoms with Crippen LogP contribution in [0.1, 0.15) is 18.0 Å². The van der Waals surface area contributed by atoms with Crippen LogP contribution in [0.4, 0.5) is 0 Å². The summed E-state index contributed by atoms with van der Waals surface area (Å²) in [6.07, 6.45) is 1.02. The lowest BCUT2D eigenvalue weighted by molar-refractivity contribution is -0.136. The maximum atomic E-state index is 12.8. The lowest BCUT2D eigenvalue weighted by atomic mass is 9.83. The number of amides is 1. The fourth-order valence-electron chi connectivity index (χ4n) is 4.44. The van der Waals surface area contributed by atoms with Crippen molar-refractivity contribution in [1.82, 2.24) is 29.7 Å². The molecule has 0 radical (unpaired) electrons. The van der Waals surface area contributed by atoms with Crippen molar-refractivity contribution >= 4 is 5.91 Å². The molecule has 0 spiro atoms. The summed E-state index contributed by atoms with van der Waals surface area (Å²) in [4.78, 5) is 28.2. The maximum Gasteiger partial charge on any atom is 0.260 e. The van der Waals surface area contributed by atoms with Crippen LogP contribution in [-0.4, -0.2) is 55.3 Å². The monoisotopic (exact) mass is 406 g/mol. The van der Waals surface area contributed by atoms with E-state index in [-0.39, 0.29) is 24.0 Å². The molecule has 9 heteroatoms. The predicted octanol–water partition coefficient (Wildman–Crippen LogP) is 1.06. The fourth-order valence-corrected chi connectivity index (χ4v) is 4.44. The summed E-state index contributed by atoms with van der Waals surface area (Å²) in [5.74, 6) is 1.63. The molecule has 0 saturated carbocycles. The number of aromatic nitrogens is 5. The van der Waals surface area contributed by atoms with E-state index in [1.807, 2.05) is 27.7 Å². The lowest BCUT2D eigenvalue weighted by Crippen LogP contribution is -2.50. The highest BCUT2D eigenvalue weighted by molar-refractivity contribution is 5.78. The molecule has 2 aliphatic heterocycles. The molecule has 9 nitrogen and oxygen atoms in total. The number of fused-ring (bicyclic) bond motifs is 4. The van der Waals surface area contributed by atoms with Crippen LogP contribution in [0, 0.1) is 5.92 Å². The Morgan fingerprint density at radius 3 is 2.73 bits per heavy atom. The molecule has 0 aliphatic carbocycles. The zero-order valence-corrected chi connectivity index (χ0v) is 16.6. The Kier molecular flexibility index (Phi) is 4.57. The Morgan fingerprint density at radius 2 is 1.97 bits per heavy atom. The molecule has 4 heterocycles. The third-order valence-corrected chi connectivity index (χ3v) is 5.82. The lowest BCUT2D eigenvalue weighted by Gasteiger charge is -2.42. The standard InChI is InChI=1S/C21H22N6O3/c1-25-23-21(22-24-25)15-5-7-17(8-6-15)30-13-20(29)26-10-14-9-16(12-26)18-3-2-4-19(28)27(18)11-14/h2-8,14,16H,9-13H2,1H3/t14-,16+/m0/s1. The van der Waals surface area contributed by atoms with Crippen molar-refractivity contribution in [3.05, 3.63) is 58.5 Å². The summed E-state index contributed by atoms with van der Waals surface area (Å²) in [7, 11) is 1.71. The number of hydrogen-bond acceptors (Lipinski definition) is 6. The van der Waals surface area contributed by atoms with Gasteiger partial charge < -0.3 is 14.2 Å². The zero-order valence-electron chi connectivity index (χ0n) is 16.6. The van der Waals surface area contributed by atoms with Crippen LogP contribution in [0.5, 0.6) is 5.75 Å². The van der Waals surface area contributed by atoms with Crippen molar-refractivity contribution in [2.75, 3.05) is 19.7 Å². The Bertz CT molecular complexity index is 1140. The number of tetrazole rings is 1. The van der Waals surface area contributed by atoms with E-state index in [4.69, 9.17) is 4.74 Å². The number of aryl methyl sites for hydroxylation is 1. The van der Waals surface area contributed by atoms with Crippen LogP contribution in [0.3, 0.4) is 0 Å². The first-order valence-electron chi connectivity index (χ1n) is 10.0. The Balaban J connectivity index is 1.22. The Morgan fingerprint density at radius 1 is 1.13 bits per heavy atom. The molecule has 1 aromatic carbocycles. The van der Waals surface area contributed by atoms with Crippen molar-refractivity contribution in [2.24, 2.45) is 13.0 Å². The molecule has 2 atom stereocenters. The number of carbonyl (C=O) groups excluding carboxylic acids is 1. The van der Waals surface area contributed by atoms with Gasteiger partial charge in [-0.15, -0.1) is 10.2 Å². The Labute approximate surface area is 172 Å². The maximum absolute atomic E-state index is 12.8. The van der Waals surface area contributed by atoms with E-state index < -0.39 is 0 Å². The van der Waals surface area contributed by atoms with Gasteiger partial charge in [0.25, 0.3) is 11.5 Å². The van der Waals surface area contributed by atoms with Crippen molar-refractivity contribution in [3.8, 4) is 17.1 Å². The van der Waals surface area contributed by atoms with Crippen LogP contribution in [-0.2, 0) is 18.4 Å². The number of piperidine rings is 1. The average molecular weight is 406 g/mol. The van der Waals surface area contributed by atoms with Gasteiger partial charge in [-0.05, 0) is 47.9 Å². The number of benzene rings is 1. The molecule has 30 heavy (non-hydrogen) atoms. The van der Waals surface area contributed by atoms with Gasteiger partial charge in [-0.25, -0.2) is 0 Å². The molecule has 2 aliphatic rings. The van der Waals surface area contributed by atoms with E-state index in [1.165, 1.54) is 4.80 Å². The van der Waals surface area contributed by atoms with Gasteiger partial charge in [-0.2, -0.15) is 4.80 Å². The first kappa shape index (κ1) is 18.5. The number of likely N-dealkylation sites (tertiary alicyclic amines) is 1. The van der Waals surface area contributed by atoms with Gasteiger partial charge in [0.05, 0.1) is 7.05 Å². The third-order valence-electron chi connectivity index (χ3n) is 5.82. The highest BCUT2D eigenvalue weighted by Crippen LogP contribution is 2.35. The van der Waals surface area contributed by atoms with Crippen molar-refractivity contribution in [3.63, 3.8) is 0 Å². The van der Waals surface area contributed by atoms with Gasteiger partial charge in [0.1, 0.15) is 5.75 Å². The summed E-state index contributed by atoms with van der Waals surface area (Å²) in [5, 5.41) is 12.0. The van der Waals surface area contributed by atoms with Gasteiger partial charge in [0.2, 0.25) is 5.82 Å². The predicted molar refractivity (Wildman–Crippen MR) is 108 cm³/mol. The van der Waals surface area contributed by atoms with Gasteiger partial charge in [0, 0.05) is 42.9 Å². The number of pyridine rings is 1. The molecule has 0 N–H and O–H groups in total. The van der Waals surface area contributed by atoms with E-state index in [2.05, 4.69) is 15.4 Å². The van der Waals surface area contributed by atoms with Gasteiger partial charge in [-0.1, -0.05) is 6.07 Å². The van der Waals surface area contributed by atoms with Crippen molar-refractivity contribution in [1.29, 1.82) is 0 Å². The molecule has 3 aromatic rings. The zero-order chi connectivity index (χ0) is 20.7. The van der Waals surface area contributed by atoms with Crippen LogP contribution in [0.2, 0.25) is 0 Å². The highest BCUT2D eigenvalue weighted by atomic mass is 16.5. The smallest absolute Gasteiger partial charge is 0.260 e. The van der Waals surface area contributed by atoms with Crippen LogP contribution >= 0.6 is 0 Å².